The molecule has 3 aromatic rings. The normalized spacial score (nSPS) is 22.6. The van der Waals surface area contributed by atoms with Crippen molar-refractivity contribution in [2.75, 3.05) is 13.2 Å². The Balaban J connectivity index is 1.56. The minimum absolute atomic E-state index is 0.158. The summed E-state index contributed by atoms with van der Waals surface area (Å²) in [6.45, 7) is 5.49. The number of carbonyl (C=O) groups is 2. The number of carbonyl (C=O) groups excluding carboxylic acids is 2. The molecule has 0 aromatic heterocycles. The highest BCUT2D eigenvalue weighted by Crippen LogP contribution is 2.39. The lowest BCUT2D eigenvalue weighted by Gasteiger charge is -2.43. The highest BCUT2D eigenvalue weighted by atomic mass is 35.5. The van der Waals surface area contributed by atoms with Crippen molar-refractivity contribution in [3.05, 3.63) is 100 Å². The van der Waals surface area contributed by atoms with Crippen molar-refractivity contribution in [2.45, 2.75) is 51.6 Å². The molecule has 1 N–H and O–H groups in total. The molecule has 1 aliphatic rings. The van der Waals surface area contributed by atoms with Crippen LogP contribution >= 0.6 is 11.6 Å². The fraction of sp³-hybridized carbons (Fsp3) is 0.355. The van der Waals surface area contributed by atoms with Crippen LogP contribution in [-0.4, -0.2) is 48.6 Å². The van der Waals surface area contributed by atoms with E-state index >= 15 is 0 Å². The van der Waals surface area contributed by atoms with E-state index in [0.717, 1.165) is 22.4 Å². The SMILES string of the molecule is CCOc1ccc(Cc2cc(C3OC(COC(=O)c4ccccc4)C(O)C(C)C3OC(C)=O)ccc2Cl)cc1. The Bertz CT molecular complexity index is 1260. The van der Waals surface area contributed by atoms with E-state index in [4.69, 9.17) is 30.5 Å². The molecule has 0 saturated carbocycles. The molecule has 3 aromatic carbocycles. The summed E-state index contributed by atoms with van der Waals surface area (Å²) >= 11 is 6.56. The molecule has 1 aliphatic heterocycles. The molecule has 8 heteroatoms. The van der Waals surface area contributed by atoms with Crippen molar-refractivity contribution in [3.8, 4) is 5.75 Å². The molecule has 1 saturated heterocycles. The fourth-order valence-electron chi connectivity index (χ4n) is 4.73. The maximum absolute atomic E-state index is 12.5. The van der Waals surface area contributed by atoms with Gasteiger partial charge in [0.05, 0.1) is 18.3 Å². The Labute approximate surface area is 233 Å². The van der Waals surface area contributed by atoms with Gasteiger partial charge in [-0.2, -0.15) is 0 Å². The van der Waals surface area contributed by atoms with Crippen LogP contribution < -0.4 is 4.74 Å². The lowest BCUT2D eigenvalue weighted by molar-refractivity contribution is -0.220. The van der Waals surface area contributed by atoms with E-state index < -0.39 is 42.3 Å². The van der Waals surface area contributed by atoms with Gasteiger partial charge in [-0.05, 0) is 60.4 Å². The average molecular weight is 553 g/mol. The van der Waals surface area contributed by atoms with E-state index in [1.54, 1.807) is 37.3 Å². The zero-order valence-corrected chi connectivity index (χ0v) is 23.0. The van der Waals surface area contributed by atoms with Gasteiger partial charge < -0.3 is 24.1 Å². The topological polar surface area (TPSA) is 91.3 Å². The Hall–Kier alpha value is -3.39. The first kappa shape index (κ1) is 28.6. The lowest BCUT2D eigenvalue weighted by Crippen LogP contribution is -2.52. The van der Waals surface area contributed by atoms with Crippen molar-refractivity contribution in [1.29, 1.82) is 0 Å². The van der Waals surface area contributed by atoms with Crippen molar-refractivity contribution >= 4 is 23.5 Å². The third-order valence-corrected chi connectivity index (χ3v) is 7.14. The molecule has 0 aliphatic carbocycles. The van der Waals surface area contributed by atoms with Gasteiger partial charge in [0.2, 0.25) is 0 Å². The van der Waals surface area contributed by atoms with E-state index in [0.29, 0.717) is 23.6 Å². The molecule has 7 nitrogen and oxygen atoms in total. The third kappa shape index (κ3) is 7.18. The van der Waals surface area contributed by atoms with Crippen LogP contribution in [0.4, 0.5) is 0 Å². The van der Waals surface area contributed by atoms with Crippen LogP contribution in [-0.2, 0) is 25.4 Å². The standard InChI is InChI=1S/C31H33ClO7/c1-4-36-25-13-10-21(11-14-25)16-24-17-23(12-15-26(24)32)30-29(38-20(3)33)19(2)28(34)27(39-30)18-37-31(35)22-8-6-5-7-9-22/h5-15,17,19,27-30,34H,4,16,18H2,1-3H3. The average Bonchev–Trinajstić information content (AvgIpc) is 2.93. The smallest absolute Gasteiger partial charge is 0.338 e. The number of ether oxygens (including phenoxy) is 4. The summed E-state index contributed by atoms with van der Waals surface area (Å²) in [5, 5.41) is 11.6. The van der Waals surface area contributed by atoms with Crippen LogP contribution in [0, 0.1) is 5.92 Å². The largest absolute Gasteiger partial charge is 0.494 e. The molecule has 39 heavy (non-hydrogen) atoms. The maximum atomic E-state index is 12.5. The minimum atomic E-state index is -1.02. The maximum Gasteiger partial charge on any atom is 0.338 e. The van der Waals surface area contributed by atoms with E-state index in [1.165, 1.54) is 6.92 Å². The fourth-order valence-corrected chi connectivity index (χ4v) is 4.92. The van der Waals surface area contributed by atoms with Gasteiger partial charge in [-0.25, -0.2) is 4.79 Å². The Kier molecular flexibility index (Phi) is 9.62. The van der Waals surface area contributed by atoms with E-state index in [-0.39, 0.29) is 6.61 Å². The molecule has 1 fully saturated rings. The summed E-state index contributed by atoms with van der Waals surface area (Å²) in [6, 6.07) is 22.0. The van der Waals surface area contributed by atoms with Crippen LogP contribution in [0.15, 0.2) is 72.8 Å². The Morgan fingerprint density at radius 3 is 2.41 bits per heavy atom. The van der Waals surface area contributed by atoms with Crippen molar-refractivity contribution in [3.63, 3.8) is 0 Å². The van der Waals surface area contributed by atoms with Crippen LogP contribution in [0.1, 0.15) is 53.9 Å². The second-order valence-electron chi connectivity index (χ2n) is 9.59. The Morgan fingerprint density at radius 2 is 1.74 bits per heavy atom. The Morgan fingerprint density at radius 1 is 1.03 bits per heavy atom. The highest BCUT2D eigenvalue weighted by Gasteiger charge is 2.46. The molecule has 5 atom stereocenters. The van der Waals surface area contributed by atoms with Crippen LogP contribution in [0.2, 0.25) is 5.02 Å². The van der Waals surface area contributed by atoms with Gasteiger partial charge in [0, 0.05) is 17.9 Å². The molecule has 0 spiro atoms. The summed E-state index contributed by atoms with van der Waals surface area (Å²) in [5.74, 6) is -0.683. The predicted octanol–water partition coefficient (Wildman–Crippen LogP) is 5.56. The molecule has 0 amide bonds. The van der Waals surface area contributed by atoms with Gasteiger partial charge >= 0.3 is 11.9 Å². The molecule has 0 radical (unpaired) electrons. The van der Waals surface area contributed by atoms with Gasteiger partial charge in [-0.15, -0.1) is 0 Å². The van der Waals surface area contributed by atoms with Gasteiger partial charge in [-0.3, -0.25) is 4.79 Å². The van der Waals surface area contributed by atoms with Crippen LogP contribution in [0.3, 0.4) is 0 Å². The first-order valence-electron chi connectivity index (χ1n) is 13.0. The molecule has 1 heterocycles. The molecule has 5 unspecified atom stereocenters. The number of rotatable bonds is 9. The highest BCUT2D eigenvalue weighted by molar-refractivity contribution is 6.31. The van der Waals surface area contributed by atoms with Gasteiger partial charge in [-0.1, -0.05) is 61.0 Å². The summed E-state index contributed by atoms with van der Waals surface area (Å²) < 4.78 is 22.9. The number of aliphatic hydroxyl groups is 1. The molecular formula is C31H33ClO7. The summed E-state index contributed by atoms with van der Waals surface area (Å²) in [6.07, 6.45) is -2.73. The molecule has 206 valence electrons. The number of halogens is 1. The van der Waals surface area contributed by atoms with Gasteiger partial charge in [0.1, 0.15) is 30.7 Å². The van der Waals surface area contributed by atoms with Crippen LogP contribution in [0.5, 0.6) is 5.75 Å². The zero-order valence-electron chi connectivity index (χ0n) is 22.2. The zero-order chi connectivity index (χ0) is 27.9. The first-order valence-corrected chi connectivity index (χ1v) is 13.4. The minimum Gasteiger partial charge on any atom is -0.494 e. The van der Waals surface area contributed by atoms with Crippen LogP contribution in [0.25, 0.3) is 0 Å². The number of hydrogen-bond donors (Lipinski definition) is 1. The van der Waals surface area contributed by atoms with Crippen molar-refractivity contribution in [2.24, 2.45) is 5.92 Å². The second kappa shape index (κ2) is 13.1. The lowest BCUT2D eigenvalue weighted by atomic mass is 9.84. The molecule has 0 bridgehead atoms. The monoisotopic (exact) mass is 552 g/mol. The van der Waals surface area contributed by atoms with E-state index in [2.05, 4.69) is 0 Å². The van der Waals surface area contributed by atoms with Crippen molar-refractivity contribution in [1.82, 2.24) is 0 Å². The van der Waals surface area contributed by atoms with Crippen molar-refractivity contribution < 1.29 is 33.6 Å². The molecular weight excluding hydrogens is 520 g/mol. The molecule has 4 rings (SSSR count). The second-order valence-corrected chi connectivity index (χ2v) is 10.00. The quantitative estimate of drug-likeness (QED) is 0.348. The number of aliphatic hydroxyl groups excluding tert-OH is 1. The van der Waals surface area contributed by atoms with E-state index in [9.17, 15) is 14.7 Å². The number of benzene rings is 3. The predicted molar refractivity (Wildman–Crippen MR) is 147 cm³/mol. The van der Waals surface area contributed by atoms with E-state index in [1.807, 2.05) is 49.4 Å². The van der Waals surface area contributed by atoms with Gasteiger partial charge in [0.25, 0.3) is 0 Å². The number of esters is 2. The summed E-state index contributed by atoms with van der Waals surface area (Å²) in [4.78, 5) is 24.5. The summed E-state index contributed by atoms with van der Waals surface area (Å²) in [7, 11) is 0. The third-order valence-electron chi connectivity index (χ3n) is 6.78. The summed E-state index contributed by atoms with van der Waals surface area (Å²) in [5.41, 5.74) is 3.06. The first-order chi connectivity index (χ1) is 18.8. The number of hydrogen-bond acceptors (Lipinski definition) is 7. The van der Waals surface area contributed by atoms with Gasteiger partial charge in [0.15, 0.2) is 0 Å².